The van der Waals surface area contributed by atoms with E-state index in [9.17, 15) is 18.0 Å². The largest absolute Gasteiger partial charge is 0.416 e. The number of likely N-dealkylation sites (tertiary alicyclic amines) is 1. The molecule has 2 aromatic carbocycles. The molecule has 0 spiro atoms. The maximum Gasteiger partial charge on any atom is 0.416 e. The van der Waals surface area contributed by atoms with Gasteiger partial charge in [0.25, 0.3) is 5.91 Å². The molecule has 0 unspecified atom stereocenters. The van der Waals surface area contributed by atoms with Crippen LogP contribution in [-0.4, -0.2) is 42.5 Å². The van der Waals surface area contributed by atoms with Crippen molar-refractivity contribution in [3.05, 3.63) is 76.4 Å². The Kier molecular flexibility index (Phi) is 5.79. The molecule has 180 valence electrons. The molecule has 5 rings (SSSR count). The Morgan fingerprint density at radius 3 is 2.69 bits per heavy atom. The molecule has 0 radical (unpaired) electrons. The van der Waals surface area contributed by atoms with Crippen molar-refractivity contribution in [2.45, 2.75) is 32.0 Å². The molecule has 1 aliphatic heterocycles. The summed E-state index contributed by atoms with van der Waals surface area (Å²) in [5.41, 5.74) is 0.492. The molecule has 1 atom stereocenters. The summed E-state index contributed by atoms with van der Waals surface area (Å²) in [5.74, 6) is -0.0830. The fraction of sp³-hybridized carbons (Fsp3) is 0.261. The summed E-state index contributed by atoms with van der Waals surface area (Å²) in [5, 5.41) is 12.6. The Hall–Kier alpha value is -3.73. The average molecular weight is 503 g/mol. The zero-order valence-corrected chi connectivity index (χ0v) is 19.1. The quantitative estimate of drug-likeness (QED) is 0.377. The van der Waals surface area contributed by atoms with Gasteiger partial charge in [-0.1, -0.05) is 28.9 Å². The van der Waals surface area contributed by atoms with Crippen molar-refractivity contribution in [3.63, 3.8) is 0 Å². The molecule has 0 N–H and O–H groups in total. The zero-order chi connectivity index (χ0) is 24.7. The molecule has 4 aromatic rings. The first-order chi connectivity index (χ1) is 16.7. The Balaban J connectivity index is 1.51. The van der Waals surface area contributed by atoms with Crippen LogP contribution in [0.2, 0.25) is 5.02 Å². The number of amides is 1. The van der Waals surface area contributed by atoms with E-state index in [4.69, 9.17) is 16.1 Å². The Morgan fingerprint density at radius 2 is 1.94 bits per heavy atom. The number of benzene rings is 2. The summed E-state index contributed by atoms with van der Waals surface area (Å²) in [6.07, 6.45) is -0.717. The molecule has 0 saturated carbocycles. The zero-order valence-electron chi connectivity index (χ0n) is 18.3. The Labute approximate surface area is 202 Å². The summed E-state index contributed by atoms with van der Waals surface area (Å²) in [6.45, 7) is 2.15. The first-order valence-corrected chi connectivity index (χ1v) is 11.1. The van der Waals surface area contributed by atoms with Crippen molar-refractivity contribution in [2.24, 2.45) is 0 Å². The molecule has 0 bridgehead atoms. The maximum absolute atomic E-state index is 13.6. The fourth-order valence-corrected chi connectivity index (χ4v) is 4.32. The molecule has 8 nitrogen and oxygen atoms in total. The van der Waals surface area contributed by atoms with Gasteiger partial charge in [0.1, 0.15) is 6.04 Å². The van der Waals surface area contributed by atoms with Crippen LogP contribution in [0.3, 0.4) is 0 Å². The second-order valence-electron chi connectivity index (χ2n) is 8.07. The number of nitrogens with zero attached hydrogens (tertiary/aromatic N) is 6. The molecule has 12 heteroatoms. The lowest BCUT2D eigenvalue weighted by Gasteiger charge is -2.23. The molecule has 35 heavy (non-hydrogen) atoms. The molecule has 3 heterocycles. The maximum atomic E-state index is 13.6. The van der Waals surface area contributed by atoms with Crippen LogP contribution < -0.4 is 0 Å². The van der Waals surface area contributed by atoms with Crippen molar-refractivity contribution < 1.29 is 22.5 Å². The lowest BCUT2D eigenvalue weighted by molar-refractivity contribution is -0.137. The number of rotatable bonds is 4. The van der Waals surface area contributed by atoms with Gasteiger partial charge < -0.3 is 9.42 Å². The Morgan fingerprint density at radius 1 is 1.17 bits per heavy atom. The average Bonchev–Trinajstić information content (AvgIpc) is 3.60. The summed E-state index contributed by atoms with van der Waals surface area (Å²) >= 11 is 6.20. The third-order valence-electron chi connectivity index (χ3n) is 5.94. The van der Waals surface area contributed by atoms with Crippen LogP contribution in [-0.2, 0) is 6.18 Å². The number of halogens is 4. The predicted molar refractivity (Wildman–Crippen MR) is 119 cm³/mol. The fourth-order valence-electron chi connectivity index (χ4n) is 4.15. The molecular formula is C23H18ClF3N6O2. The highest BCUT2D eigenvalue weighted by Crippen LogP contribution is 2.36. The van der Waals surface area contributed by atoms with E-state index in [0.717, 1.165) is 22.5 Å². The normalized spacial score (nSPS) is 16.1. The highest BCUT2D eigenvalue weighted by molar-refractivity contribution is 6.31. The van der Waals surface area contributed by atoms with E-state index in [1.807, 2.05) is 6.92 Å². The second-order valence-corrected chi connectivity index (χ2v) is 8.48. The highest BCUT2D eigenvalue weighted by Gasteiger charge is 2.38. The number of aromatic nitrogens is 5. The minimum absolute atomic E-state index is 0.138. The van der Waals surface area contributed by atoms with Gasteiger partial charge in [-0.2, -0.15) is 33.1 Å². The van der Waals surface area contributed by atoms with E-state index in [0.29, 0.717) is 35.8 Å². The van der Waals surface area contributed by atoms with Gasteiger partial charge in [-0.25, -0.2) is 0 Å². The topological polar surface area (TPSA) is 89.9 Å². The van der Waals surface area contributed by atoms with E-state index in [1.54, 1.807) is 18.2 Å². The minimum atomic E-state index is -4.62. The van der Waals surface area contributed by atoms with Crippen LogP contribution in [0, 0.1) is 6.92 Å². The van der Waals surface area contributed by atoms with Crippen molar-refractivity contribution >= 4 is 17.5 Å². The van der Waals surface area contributed by atoms with Crippen LogP contribution in [0.1, 0.15) is 46.3 Å². The molecule has 1 saturated heterocycles. The number of carbonyl (C=O) groups excluding carboxylic acids is 1. The van der Waals surface area contributed by atoms with E-state index < -0.39 is 23.7 Å². The van der Waals surface area contributed by atoms with Gasteiger partial charge in [-0.05, 0) is 49.6 Å². The number of hydrogen-bond donors (Lipinski definition) is 0. The van der Waals surface area contributed by atoms with Gasteiger partial charge in [0.05, 0.1) is 29.2 Å². The molecule has 1 aliphatic rings. The number of carbonyl (C=O) groups is 1. The van der Waals surface area contributed by atoms with Crippen LogP contribution in [0.5, 0.6) is 0 Å². The van der Waals surface area contributed by atoms with Crippen molar-refractivity contribution in [1.29, 1.82) is 0 Å². The van der Waals surface area contributed by atoms with Crippen molar-refractivity contribution in [2.75, 3.05) is 6.54 Å². The molecular weight excluding hydrogens is 485 g/mol. The van der Waals surface area contributed by atoms with Crippen LogP contribution in [0.15, 0.2) is 53.3 Å². The van der Waals surface area contributed by atoms with Gasteiger partial charge in [0.15, 0.2) is 0 Å². The number of hydrogen-bond acceptors (Lipinski definition) is 6. The monoisotopic (exact) mass is 502 g/mol. The van der Waals surface area contributed by atoms with E-state index in [-0.39, 0.29) is 17.1 Å². The summed E-state index contributed by atoms with van der Waals surface area (Å²) in [7, 11) is 0. The minimum Gasteiger partial charge on any atom is -0.337 e. The molecule has 0 aliphatic carbocycles. The van der Waals surface area contributed by atoms with E-state index in [1.165, 1.54) is 23.4 Å². The van der Waals surface area contributed by atoms with Gasteiger partial charge in [0, 0.05) is 17.1 Å². The third kappa shape index (κ3) is 4.27. The smallest absolute Gasteiger partial charge is 0.337 e. The third-order valence-corrected chi connectivity index (χ3v) is 6.35. The lowest BCUT2D eigenvalue weighted by atomic mass is 10.1. The van der Waals surface area contributed by atoms with Gasteiger partial charge in [0.2, 0.25) is 11.7 Å². The second kappa shape index (κ2) is 8.81. The molecule has 1 fully saturated rings. The summed E-state index contributed by atoms with van der Waals surface area (Å²) in [6, 6.07) is 7.65. The summed E-state index contributed by atoms with van der Waals surface area (Å²) in [4.78, 5) is 20.6. The van der Waals surface area contributed by atoms with Crippen molar-refractivity contribution in [3.8, 4) is 17.1 Å². The predicted octanol–water partition coefficient (Wildman–Crippen LogP) is 5.28. The van der Waals surface area contributed by atoms with Crippen LogP contribution in [0.25, 0.3) is 17.1 Å². The van der Waals surface area contributed by atoms with Crippen molar-refractivity contribution in [1.82, 2.24) is 30.0 Å². The Bertz CT molecular complexity index is 1390. The first-order valence-electron chi connectivity index (χ1n) is 10.7. The van der Waals surface area contributed by atoms with Gasteiger partial charge >= 0.3 is 6.18 Å². The first kappa shape index (κ1) is 23.0. The van der Waals surface area contributed by atoms with E-state index in [2.05, 4.69) is 20.3 Å². The lowest BCUT2D eigenvalue weighted by Crippen LogP contribution is -2.32. The van der Waals surface area contributed by atoms with Gasteiger partial charge in [-0.3, -0.25) is 4.79 Å². The summed E-state index contributed by atoms with van der Waals surface area (Å²) < 4.78 is 45.8. The van der Waals surface area contributed by atoms with Gasteiger partial charge in [-0.15, -0.1) is 0 Å². The SMILES string of the molecule is Cc1c(Cl)cccc1-c1noc([C@@H]2CCCN2C(=O)c2cc(C(F)(F)F)ccc2-n2nccn2)n1. The highest BCUT2D eigenvalue weighted by atomic mass is 35.5. The standard InChI is InChI=1S/C23H18ClF3N6O2/c1-13-15(4-2-5-17(13)24)20-30-21(35-31-20)19-6-3-11-32(19)22(34)16-12-14(23(25,26)27)7-8-18(16)33-28-9-10-29-33/h2,4-5,7-10,12,19H,3,6,11H2,1H3/t19-/m0/s1. The van der Waals surface area contributed by atoms with Crippen LogP contribution >= 0.6 is 11.6 Å². The van der Waals surface area contributed by atoms with Crippen LogP contribution in [0.4, 0.5) is 13.2 Å². The van der Waals surface area contributed by atoms with E-state index >= 15 is 0 Å². The number of alkyl halides is 3. The molecule has 2 aromatic heterocycles. The molecule has 1 amide bonds.